The summed E-state index contributed by atoms with van der Waals surface area (Å²) in [4.78, 5) is 26.5. The van der Waals surface area contributed by atoms with Gasteiger partial charge < -0.3 is 29.0 Å². The third-order valence-electron chi connectivity index (χ3n) is 8.36. The van der Waals surface area contributed by atoms with Crippen molar-refractivity contribution < 1.29 is 28.5 Å². The fourth-order valence-corrected chi connectivity index (χ4v) is 6.40. The largest absolute Gasteiger partial charge is 0.493 e. The van der Waals surface area contributed by atoms with Crippen LogP contribution in [0.25, 0.3) is 22.3 Å². The fraction of sp³-hybridized carbons (Fsp3) is 0.257. The molecule has 1 atom stereocenters. The van der Waals surface area contributed by atoms with E-state index in [0.717, 1.165) is 38.9 Å². The van der Waals surface area contributed by atoms with Crippen LogP contribution in [0, 0.1) is 0 Å². The van der Waals surface area contributed by atoms with Gasteiger partial charge in [0.05, 0.1) is 34.5 Å². The van der Waals surface area contributed by atoms with Gasteiger partial charge in [-0.05, 0) is 70.0 Å². The smallest absolute Gasteiger partial charge is 0.407 e. The summed E-state index contributed by atoms with van der Waals surface area (Å²) in [5.74, 6) is 1.58. The molecule has 8 nitrogen and oxygen atoms in total. The van der Waals surface area contributed by atoms with E-state index < -0.39 is 12.1 Å². The van der Waals surface area contributed by atoms with E-state index in [-0.39, 0.29) is 23.7 Å². The zero-order chi connectivity index (χ0) is 30.1. The van der Waals surface area contributed by atoms with Gasteiger partial charge in [0.2, 0.25) is 11.2 Å². The summed E-state index contributed by atoms with van der Waals surface area (Å²) in [5.41, 5.74) is 7.34. The Kier molecular flexibility index (Phi) is 7.67. The van der Waals surface area contributed by atoms with Crippen molar-refractivity contribution in [3.8, 4) is 45.3 Å². The third-order valence-corrected chi connectivity index (χ3v) is 8.36. The lowest BCUT2D eigenvalue weighted by atomic mass is 9.95. The van der Waals surface area contributed by atoms with Crippen LogP contribution in [-0.2, 0) is 11.2 Å². The van der Waals surface area contributed by atoms with Crippen LogP contribution in [-0.4, -0.2) is 41.1 Å². The van der Waals surface area contributed by atoms with Crippen molar-refractivity contribution in [3.05, 3.63) is 105 Å². The summed E-state index contributed by atoms with van der Waals surface area (Å²) < 4.78 is 28.3. The van der Waals surface area contributed by atoms with Crippen molar-refractivity contribution >= 4 is 6.09 Å². The molecule has 0 radical (unpaired) electrons. The fourth-order valence-electron chi connectivity index (χ4n) is 6.40. The summed E-state index contributed by atoms with van der Waals surface area (Å²) >= 11 is 0. The van der Waals surface area contributed by atoms with Crippen LogP contribution in [0.2, 0.25) is 0 Å². The van der Waals surface area contributed by atoms with E-state index >= 15 is 0 Å². The number of carbonyl (C=O) groups excluding carboxylic acids is 1. The number of fused-ring (bicyclic) bond motifs is 6. The van der Waals surface area contributed by atoms with Crippen LogP contribution >= 0.6 is 0 Å². The van der Waals surface area contributed by atoms with Gasteiger partial charge in [-0.3, -0.25) is 4.79 Å². The Morgan fingerprint density at radius 1 is 0.744 bits per heavy atom. The maximum absolute atomic E-state index is 13.4. The van der Waals surface area contributed by atoms with E-state index in [4.69, 9.17) is 23.7 Å². The molecule has 2 aliphatic carbocycles. The predicted molar refractivity (Wildman–Crippen MR) is 164 cm³/mol. The monoisotopic (exact) mass is 579 g/mol. The summed E-state index contributed by atoms with van der Waals surface area (Å²) in [7, 11) is 6.15. The van der Waals surface area contributed by atoms with Gasteiger partial charge in [0.1, 0.15) is 6.61 Å². The quantitative estimate of drug-likeness (QED) is 0.276. The molecule has 0 fully saturated rings. The molecular weight excluding hydrogens is 546 g/mol. The second-order valence-electron chi connectivity index (χ2n) is 10.5. The highest BCUT2D eigenvalue weighted by molar-refractivity contribution is 5.83. The minimum Gasteiger partial charge on any atom is -0.493 e. The number of aryl methyl sites for hydroxylation is 1. The molecule has 4 aromatic carbocycles. The molecule has 0 saturated carbocycles. The Morgan fingerprint density at radius 2 is 1.40 bits per heavy atom. The summed E-state index contributed by atoms with van der Waals surface area (Å²) in [6.45, 7) is 0.186. The van der Waals surface area contributed by atoms with Gasteiger partial charge in [-0.1, -0.05) is 54.6 Å². The van der Waals surface area contributed by atoms with Gasteiger partial charge in [-0.25, -0.2) is 4.79 Å². The first-order chi connectivity index (χ1) is 21.0. The lowest BCUT2D eigenvalue weighted by molar-refractivity contribution is 0.138. The first kappa shape index (κ1) is 28.2. The average Bonchev–Trinajstić information content (AvgIpc) is 3.15. The summed E-state index contributed by atoms with van der Waals surface area (Å²) in [6.07, 6.45) is 0.524. The second kappa shape index (κ2) is 11.7. The highest BCUT2D eigenvalue weighted by Crippen LogP contribution is 2.50. The average molecular weight is 580 g/mol. The lowest BCUT2D eigenvalue weighted by Crippen LogP contribution is -2.30. The van der Waals surface area contributed by atoms with Crippen molar-refractivity contribution in [2.75, 3.05) is 35.0 Å². The maximum atomic E-state index is 13.4. The summed E-state index contributed by atoms with van der Waals surface area (Å²) in [6, 6.07) is 22.8. The van der Waals surface area contributed by atoms with E-state index in [2.05, 4.69) is 29.6 Å². The first-order valence-electron chi connectivity index (χ1n) is 14.1. The highest BCUT2D eigenvalue weighted by Gasteiger charge is 2.32. The number of benzene rings is 3. The molecule has 8 heteroatoms. The maximum Gasteiger partial charge on any atom is 0.407 e. The van der Waals surface area contributed by atoms with Gasteiger partial charge >= 0.3 is 6.09 Å². The molecule has 0 saturated heterocycles. The molecule has 0 bridgehead atoms. The van der Waals surface area contributed by atoms with Crippen LogP contribution in [0.3, 0.4) is 0 Å². The lowest BCUT2D eigenvalue weighted by Gasteiger charge is -2.20. The van der Waals surface area contributed by atoms with Crippen molar-refractivity contribution in [1.29, 1.82) is 0 Å². The molecule has 0 aliphatic heterocycles. The van der Waals surface area contributed by atoms with Crippen molar-refractivity contribution in [3.63, 3.8) is 0 Å². The van der Waals surface area contributed by atoms with Crippen LogP contribution in [0.1, 0.15) is 40.6 Å². The summed E-state index contributed by atoms with van der Waals surface area (Å²) in [5, 5.41) is 3.05. The van der Waals surface area contributed by atoms with Crippen molar-refractivity contribution in [1.82, 2.24) is 5.32 Å². The van der Waals surface area contributed by atoms with Crippen LogP contribution in [0.15, 0.2) is 77.6 Å². The molecule has 1 unspecified atom stereocenters. The molecule has 2 aliphatic rings. The molecule has 1 N–H and O–H groups in total. The first-order valence-corrected chi connectivity index (χ1v) is 14.1. The second-order valence-corrected chi connectivity index (χ2v) is 10.5. The normalized spacial score (nSPS) is 14.7. The topological polar surface area (TPSA) is 92.3 Å². The molecule has 43 heavy (non-hydrogen) atoms. The number of carbonyl (C=O) groups is 1. The van der Waals surface area contributed by atoms with E-state index in [1.54, 1.807) is 27.4 Å². The van der Waals surface area contributed by atoms with Gasteiger partial charge in [0.25, 0.3) is 0 Å². The number of methoxy groups -OCH3 is 4. The van der Waals surface area contributed by atoms with Gasteiger partial charge in [-0.2, -0.15) is 0 Å². The number of alkyl carbamates (subject to hydrolysis) is 1. The number of hydrogen-bond acceptors (Lipinski definition) is 7. The van der Waals surface area contributed by atoms with Crippen molar-refractivity contribution in [2.24, 2.45) is 0 Å². The Morgan fingerprint density at radius 3 is 2.02 bits per heavy atom. The Balaban J connectivity index is 1.35. The number of amides is 1. The number of hydrogen-bond donors (Lipinski definition) is 1. The predicted octanol–water partition coefficient (Wildman–Crippen LogP) is 6.27. The SMILES string of the molecule is COc1cc2c(c(OC)c1OC)-c1ccc(OC)c(=O)cc1C(NC(=O)OCC1c3ccccc3-c3ccccc31)CC2. The Hall–Kier alpha value is -4.98. The molecule has 220 valence electrons. The molecule has 4 aromatic rings. The zero-order valence-corrected chi connectivity index (χ0v) is 24.6. The Bertz CT molecular complexity index is 1720. The van der Waals surface area contributed by atoms with E-state index in [1.807, 2.05) is 36.4 Å². The molecule has 0 heterocycles. The van der Waals surface area contributed by atoms with E-state index in [1.165, 1.54) is 13.2 Å². The van der Waals surface area contributed by atoms with Gasteiger partial charge in [0, 0.05) is 11.5 Å². The van der Waals surface area contributed by atoms with Crippen molar-refractivity contribution in [2.45, 2.75) is 24.8 Å². The minimum atomic E-state index is -0.559. The highest BCUT2D eigenvalue weighted by atomic mass is 16.5. The standard InChI is InChI=1S/C35H33NO7/c1-39-30-16-14-25-26(18-29(30)37)28(15-13-20-17-31(40-2)33(41-3)34(42-4)32(20)25)36-35(38)43-19-27-23-11-7-5-9-21(23)22-10-6-8-12-24(22)27/h5-12,14,16-18,27-28H,13,15,19H2,1-4H3,(H,36,38). The van der Waals surface area contributed by atoms with E-state index in [9.17, 15) is 9.59 Å². The molecule has 0 aromatic heterocycles. The number of rotatable bonds is 7. The number of ether oxygens (including phenoxy) is 5. The Labute approximate surface area is 250 Å². The molecule has 1 amide bonds. The molecule has 6 rings (SSSR count). The van der Waals surface area contributed by atoms with Crippen LogP contribution in [0.4, 0.5) is 4.79 Å². The van der Waals surface area contributed by atoms with E-state index in [0.29, 0.717) is 35.7 Å². The van der Waals surface area contributed by atoms with Gasteiger partial charge in [0.15, 0.2) is 17.2 Å². The molecular formula is C35H33NO7. The van der Waals surface area contributed by atoms with Crippen LogP contribution in [0.5, 0.6) is 23.0 Å². The third kappa shape index (κ3) is 4.92. The van der Waals surface area contributed by atoms with Crippen LogP contribution < -0.4 is 29.7 Å². The van der Waals surface area contributed by atoms with Gasteiger partial charge in [-0.15, -0.1) is 0 Å². The number of nitrogens with one attached hydrogen (secondary N) is 1. The molecule has 0 spiro atoms. The minimum absolute atomic E-state index is 0.0664. The zero-order valence-electron chi connectivity index (χ0n) is 24.6.